The Morgan fingerprint density at radius 1 is 1.00 bits per heavy atom. The minimum absolute atomic E-state index is 0.0000183. The molecule has 0 spiro atoms. The highest BCUT2D eigenvalue weighted by molar-refractivity contribution is 5.97. The molecular weight excluding hydrogens is 632 g/mol. The summed E-state index contributed by atoms with van der Waals surface area (Å²) in [4.78, 5) is 53.8. The Hall–Kier alpha value is -4.52. The average Bonchev–Trinajstić information content (AvgIpc) is 2.94. The number of carbonyl (C=O) groups is 3. The van der Waals surface area contributed by atoms with Crippen molar-refractivity contribution in [2.75, 3.05) is 20.6 Å². The normalized spacial score (nSPS) is 13.0. The van der Waals surface area contributed by atoms with Crippen LogP contribution in [0.25, 0.3) is 11.1 Å². The van der Waals surface area contributed by atoms with E-state index in [1.165, 1.54) is 22.9 Å². The Balaban J connectivity index is 2.07. The largest absolute Gasteiger partial charge is 0.481 e. The number of nitrogens with zero attached hydrogens (tertiary/aromatic N) is 2. The van der Waals surface area contributed by atoms with Crippen molar-refractivity contribution < 1.29 is 37.1 Å². The smallest absolute Gasteiger partial charge is 0.419 e. The first kappa shape index (κ1) is 37.9. The number of likely N-dealkylation sites (N-methyl/N-ethyl adjacent to an activating group) is 1. The molecule has 2 atom stereocenters. The molecule has 3 aromatic rings. The maximum absolute atomic E-state index is 15.7. The number of carboxylic acids is 1. The van der Waals surface area contributed by atoms with E-state index in [4.69, 9.17) is 0 Å². The van der Waals surface area contributed by atoms with E-state index in [9.17, 15) is 37.5 Å². The number of rotatable bonds is 13. The van der Waals surface area contributed by atoms with E-state index in [-0.39, 0.29) is 23.5 Å². The molecule has 48 heavy (non-hydrogen) atoms. The number of alkyl halides is 3. The first-order valence-corrected chi connectivity index (χ1v) is 15.5. The third kappa shape index (κ3) is 9.52. The number of pyridine rings is 1. The molecule has 0 fully saturated rings. The van der Waals surface area contributed by atoms with E-state index >= 15 is 4.39 Å². The van der Waals surface area contributed by atoms with Crippen molar-refractivity contribution in [2.45, 2.75) is 72.3 Å². The number of aryl methyl sites for hydroxylation is 3. The molecule has 13 heteroatoms. The highest BCUT2D eigenvalue weighted by atomic mass is 19.4. The van der Waals surface area contributed by atoms with Crippen LogP contribution in [0.1, 0.15) is 70.9 Å². The highest BCUT2D eigenvalue weighted by Gasteiger charge is 2.38. The third-order valence-electron chi connectivity index (χ3n) is 7.82. The second kappa shape index (κ2) is 15.6. The van der Waals surface area contributed by atoms with E-state index in [1.807, 2.05) is 25.9 Å². The average molecular weight is 675 g/mol. The van der Waals surface area contributed by atoms with E-state index in [1.54, 1.807) is 39.8 Å². The fraction of sp³-hybridized carbons (Fsp3) is 0.429. The molecule has 0 unspecified atom stereocenters. The van der Waals surface area contributed by atoms with Gasteiger partial charge in [-0.3, -0.25) is 19.2 Å². The summed E-state index contributed by atoms with van der Waals surface area (Å²) in [5, 5.41) is 14.6. The number of halogens is 4. The topological polar surface area (TPSA) is 121 Å². The van der Waals surface area contributed by atoms with Gasteiger partial charge in [-0.15, -0.1) is 0 Å². The molecular formula is C35H42F4N4O5. The monoisotopic (exact) mass is 674 g/mol. The summed E-state index contributed by atoms with van der Waals surface area (Å²) in [6.45, 7) is 9.55. The first-order valence-electron chi connectivity index (χ1n) is 15.5. The van der Waals surface area contributed by atoms with E-state index in [2.05, 4.69) is 10.6 Å². The number of carbonyl (C=O) groups excluding carboxylic acids is 2. The molecule has 260 valence electrons. The van der Waals surface area contributed by atoms with Gasteiger partial charge in [-0.25, -0.2) is 4.39 Å². The van der Waals surface area contributed by atoms with E-state index in [0.29, 0.717) is 35.8 Å². The maximum atomic E-state index is 15.7. The minimum Gasteiger partial charge on any atom is -0.481 e. The van der Waals surface area contributed by atoms with Crippen molar-refractivity contribution in [1.29, 1.82) is 0 Å². The molecule has 0 aliphatic rings. The molecule has 3 rings (SSSR count). The number of amides is 2. The lowest BCUT2D eigenvalue weighted by Gasteiger charge is -2.26. The van der Waals surface area contributed by atoms with Gasteiger partial charge in [0.1, 0.15) is 17.4 Å². The van der Waals surface area contributed by atoms with Crippen LogP contribution in [0.4, 0.5) is 17.6 Å². The molecule has 0 aliphatic carbocycles. The van der Waals surface area contributed by atoms with Crippen molar-refractivity contribution >= 4 is 17.8 Å². The maximum Gasteiger partial charge on any atom is 0.419 e. The van der Waals surface area contributed by atoms with Gasteiger partial charge in [-0.2, -0.15) is 13.2 Å². The molecule has 9 nitrogen and oxygen atoms in total. The van der Waals surface area contributed by atoms with Gasteiger partial charge in [-0.05, 0) is 93.7 Å². The van der Waals surface area contributed by atoms with E-state index in [0.717, 1.165) is 11.6 Å². The molecule has 1 heterocycles. The fourth-order valence-corrected chi connectivity index (χ4v) is 5.70. The molecule has 0 saturated carbocycles. The molecule has 0 saturated heterocycles. The highest BCUT2D eigenvalue weighted by Crippen LogP contribution is 2.40. The lowest BCUT2D eigenvalue weighted by molar-refractivity contribution is -0.140. The van der Waals surface area contributed by atoms with Crippen LogP contribution in [0.2, 0.25) is 0 Å². The molecule has 3 N–H and O–H groups in total. The van der Waals surface area contributed by atoms with Crippen LogP contribution >= 0.6 is 0 Å². The number of aromatic nitrogens is 1. The van der Waals surface area contributed by atoms with Gasteiger partial charge in [0.2, 0.25) is 5.91 Å². The summed E-state index contributed by atoms with van der Waals surface area (Å²) in [6, 6.07) is 5.06. The van der Waals surface area contributed by atoms with Crippen molar-refractivity contribution in [3.8, 4) is 11.1 Å². The SMILES string of the molecule is Cc1cc(C)c(-c2cc([C@H](CC(=O)O)NC(=O)[C@H](CC(C)C)NC(=O)c3cccn(CCN(C)C)c3=O)c(F)c(C(F)(F)F)c2)c(C)c1. The lowest BCUT2D eigenvalue weighted by atomic mass is 9.89. The van der Waals surface area contributed by atoms with Crippen LogP contribution in [0.3, 0.4) is 0 Å². The molecule has 0 bridgehead atoms. The van der Waals surface area contributed by atoms with Crippen LogP contribution < -0.4 is 16.2 Å². The zero-order valence-electron chi connectivity index (χ0n) is 28.1. The summed E-state index contributed by atoms with van der Waals surface area (Å²) in [5.41, 5.74) is -0.586. The van der Waals surface area contributed by atoms with Gasteiger partial charge >= 0.3 is 12.1 Å². The minimum atomic E-state index is -5.14. The third-order valence-corrected chi connectivity index (χ3v) is 7.82. The second-order valence-corrected chi connectivity index (χ2v) is 12.7. The van der Waals surface area contributed by atoms with Crippen LogP contribution in [0.5, 0.6) is 0 Å². The summed E-state index contributed by atoms with van der Waals surface area (Å²) in [6.07, 6.45) is -4.54. The Morgan fingerprint density at radius 2 is 1.62 bits per heavy atom. The van der Waals surface area contributed by atoms with Crippen molar-refractivity contribution in [3.63, 3.8) is 0 Å². The molecule has 2 amide bonds. The van der Waals surface area contributed by atoms with Crippen LogP contribution in [-0.4, -0.2) is 59.0 Å². The number of nitrogens with one attached hydrogen (secondary N) is 2. The lowest BCUT2D eigenvalue weighted by Crippen LogP contribution is -2.49. The molecule has 2 aromatic carbocycles. The van der Waals surface area contributed by atoms with Gasteiger partial charge in [0, 0.05) is 24.8 Å². The van der Waals surface area contributed by atoms with Crippen molar-refractivity contribution in [1.82, 2.24) is 20.1 Å². The molecule has 0 radical (unpaired) electrons. The number of carboxylic acid groups (broad SMARTS) is 1. The summed E-state index contributed by atoms with van der Waals surface area (Å²) >= 11 is 0. The molecule has 0 aliphatic heterocycles. The molecule has 1 aromatic heterocycles. The zero-order valence-corrected chi connectivity index (χ0v) is 28.1. The van der Waals surface area contributed by atoms with Gasteiger partial charge in [0.05, 0.1) is 18.0 Å². The second-order valence-electron chi connectivity index (χ2n) is 12.7. The van der Waals surface area contributed by atoms with Crippen molar-refractivity contribution in [3.05, 3.63) is 92.1 Å². The summed E-state index contributed by atoms with van der Waals surface area (Å²) < 4.78 is 59.6. The Bertz CT molecular complexity index is 1710. The Kier molecular flexibility index (Phi) is 12.3. The van der Waals surface area contributed by atoms with Gasteiger partial charge in [0.15, 0.2) is 0 Å². The van der Waals surface area contributed by atoms with Crippen LogP contribution in [0, 0.1) is 32.5 Å². The zero-order chi connectivity index (χ0) is 36.1. The summed E-state index contributed by atoms with van der Waals surface area (Å²) in [7, 11) is 3.65. The quantitative estimate of drug-likeness (QED) is 0.202. The van der Waals surface area contributed by atoms with Crippen LogP contribution in [0.15, 0.2) is 47.4 Å². The summed E-state index contributed by atoms with van der Waals surface area (Å²) in [5.74, 6) is -5.24. The van der Waals surface area contributed by atoms with Gasteiger partial charge in [0.25, 0.3) is 11.5 Å². The van der Waals surface area contributed by atoms with Crippen molar-refractivity contribution in [2.24, 2.45) is 5.92 Å². The predicted octanol–water partition coefficient (Wildman–Crippen LogP) is 5.64. The van der Waals surface area contributed by atoms with E-state index < -0.39 is 65.0 Å². The fourth-order valence-electron chi connectivity index (χ4n) is 5.70. The predicted molar refractivity (Wildman–Crippen MR) is 174 cm³/mol. The van der Waals surface area contributed by atoms with Gasteiger partial charge < -0.3 is 25.2 Å². The van der Waals surface area contributed by atoms with Gasteiger partial charge in [-0.1, -0.05) is 31.5 Å². The standard InChI is InChI=1S/C35H42F4N4O5/c1-19(2)13-28(41-32(46)24-9-8-10-43(34(24)48)12-11-42(6)7)33(47)40-27(18-29(44)45)25-16-23(17-26(31(25)36)35(37,38)39)30-21(4)14-20(3)15-22(30)5/h8-10,14-17,19,27-28H,11-13,18H2,1-7H3,(H,40,47)(H,41,46)(H,44,45)/t27-,28-/m0/s1. The number of hydrogen-bond acceptors (Lipinski definition) is 5. The number of benzene rings is 2. The Morgan fingerprint density at radius 3 is 2.17 bits per heavy atom. The number of aliphatic carboxylic acids is 1. The number of hydrogen-bond donors (Lipinski definition) is 3. The first-order chi connectivity index (χ1) is 22.3. The van der Waals surface area contributed by atoms with Crippen LogP contribution in [-0.2, 0) is 22.3 Å². The Labute approximate surface area is 277 Å².